The van der Waals surface area contributed by atoms with Crippen LogP contribution in [0, 0.1) is 11.6 Å². The van der Waals surface area contributed by atoms with Crippen molar-refractivity contribution in [3.63, 3.8) is 0 Å². The van der Waals surface area contributed by atoms with Crippen molar-refractivity contribution >= 4 is 5.65 Å². The van der Waals surface area contributed by atoms with Crippen molar-refractivity contribution in [3.05, 3.63) is 70.3 Å². The Morgan fingerprint density at radius 1 is 1.19 bits per heavy atom. The molecule has 0 aliphatic rings. The molecule has 5 nitrogen and oxygen atoms in total. The van der Waals surface area contributed by atoms with E-state index in [4.69, 9.17) is 0 Å². The predicted octanol–water partition coefficient (Wildman–Crippen LogP) is 1.51. The van der Waals surface area contributed by atoms with Crippen molar-refractivity contribution in [2.45, 2.75) is 12.6 Å². The first-order valence-electron chi connectivity index (χ1n) is 6.24. The molecule has 3 rings (SSSR count). The summed E-state index contributed by atoms with van der Waals surface area (Å²) in [6, 6.07) is 8.54. The second-order valence-electron chi connectivity index (χ2n) is 4.55. The van der Waals surface area contributed by atoms with E-state index in [1.807, 2.05) is 0 Å². The van der Waals surface area contributed by atoms with Gasteiger partial charge in [0.05, 0.1) is 6.54 Å². The molecule has 0 amide bonds. The standard InChI is InChI=1S/C14H11F2N3O2/c15-10-5-3-4-9(13(10)16)11(20)8-19-14(21)18-7-2-1-6-12(18)17-19/h1-7,11,20H,8H2. The maximum Gasteiger partial charge on any atom is 0.350 e. The highest BCUT2D eigenvalue weighted by Gasteiger charge is 2.18. The smallest absolute Gasteiger partial charge is 0.350 e. The van der Waals surface area contributed by atoms with Crippen LogP contribution in [0.25, 0.3) is 5.65 Å². The van der Waals surface area contributed by atoms with Crippen LogP contribution in [-0.2, 0) is 6.54 Å². The molecule has 0 saturated carbocycles. The third-order valence-electron chi connectivity index (χ3n) is 3.17. The molecule has 1 N–H and O–H groups in total. The first-order chi connectivity index (χ1) is 10.1. The first-order valence-corrected chi connectivity index (χ1v) is 6.24. The molecule has 2 heterocycles. The number of halogens is 2. The third-order valence-corrected chi connectivity index (χ3v) is 3.17. The van der Waals surface area contributed by atoms with E-state index in [1.54, 1.807) is 18.2 Å². The SMILES string of the molecule is O=c1n(CC(O)c2cccc(F)c2F)nc2ccccn12. The summed E-state index contributed by atoms with van der Waals surface area (Å²) in [6.07, 6.45) is 0.166. The van der Waals surface area contributed by atoms with E-state index >= 15 is 0 Å². The fourth-order valence-corrected chi connectivity index (χ4v) is 2.13. The van der Waals surface area contributed by atoms with Crippen molar-refractivity contribution in [1.82, 2.24) is 14.2 Å². The zero-order valence-electron chi connectivity index (χ0n) is 10.8. The van der Waals surface area contributed by atoms with Gasteiger partial charge < -0.3 is 5.11 Å². The lowest BCUT2D eigenvalue weighted by Gasteiger charge is -2.11. The van der Waals surface area contributed by atoms with Crippen LogP contribution in [0.15, 0.2) is 47.4 Å². The summed E-state index contributed by atoms with van der Waals surface area (Å²) in [7, 11) is 0. The molecule has 0 bridgehead atoms. The quantitative estimate of drug-likeness (QED) is 0.795. The molecule has 2 aromatic heterocycles. The summed E-state index contributed by atoms with van der Waals surface area (Å²) in [6.45, 7) is -0.263. The van der Waals surface area contributed by atoms with Gasteiger partial charge in [-0.1, -0.05) is 18.2 Å². The Morgan fingerprint density at radius 3 is 2.76 bits per heavy atom. The Morgan fingerprint density at radius 2 is 2.00 bits per heavy atom. The van der Waals surface area contributed by atoms with Gasteiger partial charge in [0.15, 0.2) is 17.3 Å². The monoisotopic (exact) mass is 291 g/mol. The molecular formula is C14H11F2N3O2. The number of hydrogen-bond acceptors (Lipinski definition) is 3. The van der Waals surface area contributed by atoms with Gasteiger partial charge in [-0.25, -0.2) is 18.3 Å². The summed E-state index contributed by atoms with van der Waals surface area (Å²) in [5.41, 5.74) is -0.255. The number of fused-ring (bicyclic) bond motifs is 1. The molecule has 0 aliphatic carbocycles. The van der Waals surface area contributed by atoms with E-state index in [2.05, 4.69) is 5.10 Å². The number of aromatic nitrogens is 3. The summed E-state index contributed by atoms with van der Waals surface area (Å²) in [4.78, 5) is 12.0. The Labute approximate surface area is 117 Å². The fraction of sp³-hybridized carbons (Fsp3) is 0.143. The van der Waals surface area contributed by atoms with Gasteiger partial charge in [0.1, 0.15) is 6.10 Å². The van der Waals surface area contributed by atoms with Crippen molar-refractivity contribution in [2.24, 2.45) is 0 Å². The predicted molar refractivity (Wildman–Crippen MR) is 70.8 cm³/mol. The molecule has 0 spiro atoms. The zero-order valence-corrected chi connectivity index (χ0v) is 10.8. The van der Waals surface area contributed by atoms with Gasteiger partial charge in [0, 0.05) is 11.8 Å². The van der Waals surface area contributed by atoms with Gasteiger partial charge in [-0.05, 0) is 18.2 Å². The average Bonchev–Trinajstić information content (AvgIpc) is 2.79. The molecule has 0 fully saturated rings. The van der Waals surface area contributed by atoms with Gasteiger partial charge in [-0.15, -0.1) is 5.10 Å². The molecule has 1 aromatic carbocycles. The van der Waals surface area contributed by atoms with Gasteiger partial charge in [-0.3, -0.25) is 4.40 Å². The number of rotatable bonds is 3. The van der Waals surface area contributed by atoms with E-state index in [0.29, 0.717) is 5.65 Å². The molecule has 7 heteroatoms. The maximum atomic E-state index is 13.6. The Bertz CT molecular complexity index is 857. The molecule has 0 saturated heterocycles. The minimum Gasteiger partial charge on any atom is -0.386 e. The molecule has 3 aromatic rings. The molecular weight excluding hydrogens is 280 g/mol. The van der Waals surface area contributed by atoms with E-state index in [-0.39, 0.29) is 12.1 Å². The van der Waals surface area contributed by atoms with Crippen LogP contribution < -0.4 is 5.69 Å². The largest absolute Gasteiger partial charge is 0.386 e. The maximum absolute atomic E-state index is 13.6. The number of nitrogens with zero attached hydrogens (tertiary/aromatic N) is 3. The lowest BCUT2D eigenvalue weighted by molar-refractivity contribution is 0.144. The normalized spacial score (nSPS) is 12.7. The molecule has 21 heavy (non-hydrogen) atoms. The van der Waals surface area contributed by atoms with Crippen LogP contribution in [0.1, 0.15) is 11.7 Å². The highest BCUT2D eigenvalue weighted by Crippen LogP contribution is 2.20. The Balaban J connectivity index is 1.96. The van der Waals surface area contributed by atoms with E-state index < -0.39 is 23.4 Å². The van der Waals surface area contributed by atoms with Crippen LogP contribution in [0.2, 0.25) is 0 Å². The van der Waals surface area contributed by atoms with Crippen molar-refractivity contribution in [1.29, 1.82) is 0 Å². The molecule has 1 unspecified atom stereocenters. The van der Waals surface area contributed by atoms with Crippen molar-refractivity contribution in [3.8, 4) is 0 Å². The number of aliphatic hydroxyl groups excluding tert-OH is 1. The lowest BCUT2D eigenvalue weighted by atomic mass is 10.1. The van der Waals surface area contributed by atoms with Crippen LogP contribution in [-0.4, -0.2) is 19.3 Å². The minimum absolute atomic E-state index is 0.209. The third kappa shape index (κ3) is 2.31. The summed E-state index contributed by atoms with van der Waals surface area (Å²) in [5, 5.41) is 14.0. The van der Waals surface area contributed by atoms with E-state index in [1.165, 1.54) is 22.7 Å². The van der Waals surface area contributed by atoms with Crippen LogP contribution in [0.4, 0.5) is 8.78 Å². The van der Waals surface area contributed by atoms with Crippen LogP contribution >= 0.6 is 0 Å². The van der Waals surface area contributed by atoms with Crippen LogP contribution in [0.5, 0.6) is 0 Å². The van der Waals surface area contributed by atoms with E-state index in [0.717, 1.165) is 10.7 Å². The van der Waals surface area contributed by atoms with Gasteiger partial charge in [-0.2, -0.15) is 0 Å². The number of benzene rings is 1. The summed E-state index contributed by atoms with van der Waals surface area (Å²) < 4.78 is 29.1. The summed E-state index contributed by atoms with van der Waals surface area (Å²) >= 11 is 0. The number of hydrogen-bond donors (Lipinski definition) is 1. The zero-order chi connectivity index (χ0) is 15.0. The Hall–Kier alpha value is -2.54. The molecule has 1 atom stereocenters. The summed E-state index contributed by atoms with van der Waals surface area (Å²) in [5.74, 6) is -2.17. The van der Waals surface area contributed by atoms with Crippen LogP contribution in [0.3, 0.4) is 0 Å². The number of aliphatic hydroxyl groups is 1. The Kier molecular flexibility index (Phi) is 3.26. The fourth-order valence-electron chi connectivity index (χ4n) is 2.13. The van der Waals surface area contributed by atoms with Crippen molar-refractivity contribution < 1.29 is 13.9 Å². The van der Waals surface area contributed by atoms with Gasteiger partial charge in [0.25, 0.3) is 0 Å². The second kappa shape index (κ2) is 5.10. The van der Waals surface area contributed by atoms with Gasteiger partial charge in [0.2, 0.25) is 0 Å². The highest BCUT2D eigenvalue weighted by molar-refractivity contribution is 5.35. The van der Waals surface area contributed by atoms with Crippen molar-refractivity contribution in [2.75, 3.05) is 0 Å². The molecule has 0 aliphatic heterocycles. The minimum atomic E-state index is -1.37. The highest BCUT2D eigenvalue weighted by atomic mass is 19.2. The molecule has 108 valence electrons. The molecule has 0 radical (unpaired) electrons. The van der Waals surface area contributed by atoms with E-state index in [9.17, 15) is 18.7 Å². The lowest BCUT2D eigenvalue weighted by Crippen LogP contribution is -2.24. The second-order valence-corrected chi connectivity index (χ2v) is 4.55. The first kappa shape index (κ1) is 13.4. The topological polar surface area (TPSA) is 59.5 Å². The number of pyridine rings is 1. The van der Waals surface area contributed by atoms with Gasteiger partial charge >= 0.3 is 5.69 Å². The average molecular weight is 291 g/mol.